The Morgan fingerprint density at radius 2 is 2.39 bits per heavy atom. The van der Waals surface area contributed by atoms with Gasteiger partial charge in [0.2, 0.25) is 0 Å². The Morgan fingerprint density at radius 3 is 3.17 bits per heavy atom. The van der Waals surface area contributed by atoms with E-state index in [-0.39, 0.29) is 5.69 Å². The number of H-pyrrole nitrogens is 1. The van der Waals surface area contributed by atoms with Crippen LogP contribution in [0.3, 0.4) is 0 Å². The highest BCUT2D eigenvalue weighted by atomic mass is 32.2. The Kier molecular flexibility index (Phi) is 3.22. The van der Waals surface area contributed by atoms with E-state index in [4.69, 9.17) is 0 Å². The van der Waals surface area contributed by atoms with Crippen LogP contribution in [0.15, 0.2) is 39.1 Å². The topological polar surface area (TPSA) is 50.7 Å². The molecule has 94 valence electrons. The van der Waals surface area contributed by atoms with Gasteiger partial charge >= 0.3 is 5.69 Å². The summed E-state index contributed by atoms with van der Waals surface area (Å²) in [5.74, 6) is 2.62. The van der Waals surface area contributed by atoms with E-state index in [0.29, 0.717) is 5.92 Å². The summed E-state index contributed by atoms with van der Waals surface area (Å²) < 4.78 is 1.55. The molecular formula is C12H13N3OS2. The van der Waals surface area contributed by atoms with Crippen LogP contribution in [0.5, 0.6) is 0 Å². The molecule has 0 radical (unpaired) electrons. The third-order valence-electron chi connectivity index (χ3n) is 3.05. The van der Waals surface area contributed by atoms with Crippen LogP contribution in [0, 0.1) is 0 Å². The first-order valence-corrected chi connectivity index (χ1v) is 7.69. The van der Waals surface area contributed by atoms with Crippen molar-refractivity contribution in [3.63, 3.8) is 0 Å². The van der Waals surface area contributed by atoms with E-state index in [1.54, 1.807) is 23.4 Å². The Labute approximate surface area is 113 Å². The first-order chi connectivity index (χ1) is 8.75. The van der Waals surface area contributed by atoms with Gasteiger partial charge in [0.1, 0.15) is 0 Å². The lowest BCUT2D eigenvalue weighted by molar-refractivity contribution is 0.763. The minimum absolute atomic E-state index is 0.154. The van der Waals surface area contributed by atoms with E-state index in [2.05, 4.69) is 34.5 Å². The fraction of sp³-hybridized carbons (Fsp3) is 0.333. The predicted molar refractivity (Wildman–Crippen MR) is 74.5 cm³/mol. The minimum atomic E-state index is -0.154. The van der Waals surface area contributed by atoms with Crippen LogP contribution in [0.2, 0.25) is 0 Å². The SMILES string of the molecule is Cn1c(SCC2CSc3ccccc32)n[nH]c1=O. The third-order valence-corrected chi connectivity index (χ3v) is 5.50. The Morgan fingerprint density at radius 1 is 1.56 bits per heavy atom. The van der Waals surface area contributed by atoms with Crippen LogP contribution in [0.25, 0.3) is 0 Å². The maximum atomic E-state index is 11.3. The standard InChI is InChI=1S/C12H13N3OS2/c1-15-11(16)13-14-12(15)18-7-8-6-17-10-5-3-2-4-9(8)10/h2-5,8H,6-7H2,1H3,(H,13,16). The van der Waals surface area contributed by atoms with Crippen molar-refractivity contribution in [3.05, 3.63) is 40.3 Å². The zero-order chi connectivity index (χ0) is 12.5. The molecule has 6 heteroatoms. The maximum Gasteiger partial charge on any atom is 0.343 e. The fourth-order valence-corrected chi connectivity index (χ4v) is 4.44. The van der Waals surface area contributed by atoms with E-state index in [1.165, 1.54) is 10.5 Å². The monoisotopic (exact) mass is 279 g/mol. The van der Waals surface area contributed by atoms with E-state index >= 15 is 0 Å². The van der Waals surface area contributed by atoms with Gasteiger partial charge in [-0.2, -0.15) is 0 Å². The van der Waals surface area contributed by atoms with Crippen molar-refractivity contribution in [3.8, 4) is 0 Å². The molecule has 0 spiro atoms. The van der Waals surface area contributed by atoms with Gasteiger partial charge in [0, 0.05) is 29.4 Å². The quantitative estimate of drug-likeness (QED) is 0.874. The number of aromatic amines is 1. The molecule has 0 saturated heterocycles. The van der Waals surface area contributed by atoms with Gasteiger partial charge in [-0.25, -0.2) is 9.89 Å². The smallest absolute Gasteiger partial charge is 0.273 e. The molecule has 18 heavy (non-hydrogen) atoms. The summed E-state index contributed by atoms with van der Waals surface area (Å²) in [4.78, 5) is 12.6. The molecule has 1 aromatic heterocycles. The van der Waals surface area contributed by atoms with E-state index in [0.717, 1.165) is 16.7 Å². The highest BCUT2D eigenvalue weighted by Gasteiger charge is 2.23. The first kappa shape index (κ1) is 11.9. The van der Waals surface area contributed by atoms with Gasteiger partial charge in [-0.1, -0.05) is 30.0 Å². The van der Waals surface area contributed by atoms with Crippen molar-refractivity contribution >= 4 is 23.5 Å². The van der Waals surface area contributed by atoms with Gasteiger partial charge in [0.15, 0.2) is 5.16 Å². The molecule has 1 atom stereocenters. The fourth-order valence-electron chi connectivity index (χ4n) is 2.00. The number of benzene rings is 1. The number of hydrogen-bond acceptors (Lipinski definition) is 4. The van der Waals surface area contributed by atoms with Crippen molar-refractivity contribution in [2.75, 3.05) is 11.5 Å². The molecule has 4 nitrogen and oxygen atoms in total. The maximum absolute atomic E-state index is 11.3. The summed E-state index contributed by atoms with van der Waals surface area (Å²) in [7, 11) is 1.74. The van der Waals surface area contributed by atoms with Crippen LogP contribution in [0.4, 0.5) is 0 Å². The zero-order valence-corrected chi connectivity index (χ0v) is 11.6. The number of thioether (sulfide) groups is 2. The zero-order valence-electron chi connectivity index (χ0n) is 9.92. The van der Waals surface area contributed by atoms with Crippen LogP contribution in [-0.2, 0) is 7.05 Å². The molecule has 0 amide bonds. The van der Waals surface area contributed by atoms with Crippen LogP contribution < -0.4 is 5.69 Å². The van der Waals surface area contributed by atoms with E-state index in [1.807, 2.05) is 11.8 Å². The van der Waals surface area contributed by atoms with Crippen molar-refractivity contribution in [2.45, 2.75) is 16.0 Å². The molecule has 1 aromatic carbocycles. The highest BCUT2D eigenvalue weighted by molar-refractivity contribution is 8.00. The molecule has 1 aliphatic rings. The Hall–Kier alpha value is -1.14. The van der Waals surface area contributed by atoms with Gasteiger partial charge in [-0.3, -0.25) is 4.57 Å². The van der Waals surface area contributed by atoms with Gasteiger partial charge in [0.25, 0.3) is 0 Å². The number of hydrogen-bond donors (Lipinski definition) is 1. The minimum Gasteiger partial charge on any atom is -0.273 e. The Bertz CT molecular complexity index is 620. The lowest BCUT2D eigenvalue weighted by Gasteiger charge is -2.09. The molecular weight excluding hydrogens is 266 g/mol. The Balaban J connectivity index is 1.72. The van der Waals surface area contributed by atoms with Crippen LogP contribution >= 0.6 is 23.5 Å². The second-order valence-corrected chi connectivity index (χ2v) is 6.28. The summed E-state index contributed by atoms with van der Waals surface area (Å²) in [6.07, 6.45) is 0. The molecule has 0 saturated carbocycles. The van der Waals surface area contributed by atoms with Crippen LogP contribution in [-0.4, -0.2) is 26.3 Å². The number of nitrogens with one attached hydrogen (secondary N) is 1. The average molecular weight is 279 g/mol. The van der Waals surface area contributed by atoms with E-state index < -0.39 is 0 Å². The number of aromatic nitrogens is 3. The first-order valence-electron chi connectivity index (χ1n) is 5.71. The number of fused-ring (bicyclic) bond motifs is 1. The summed E-state index contributed by atoms with van der Waals surface area (Å²) >= 11 is 3.55. The highest BCUT2D eigenvalue weighted by Crippen LogP contribution is 2.41. The second kappa shape index (κ2) is 4.85. The molecule has 3 rings (SSSR count). The van der Waals surface area contributed by atoms with Crippen molar-refractivity contribution in [1.82, 2.24) is 14.8 Å². The van der Waals surface area contributed by atoms with Gasteiger partial charge in [-0.05, 0) is 11.6 Å². The third kappa shape index (κ3) is 2.10. The lowest BCUT2D eigenvalue weighted by Crippen LogP contribution is -2.13. The van der Waals surface area contributed by atoms with E-state index in [9.17, 15) is 4.79 Å². The predicted octanol–water partition coefficient (Wildman–Crippen LogP) is 2.09. The van der Waals surface area contributed by atoms with Crippen molar-refractivity contribution in [1.29, 1.82) is 0 Å². The molecule has 0 fully saturated rings. The number of nitrogens with zero attached hydrogens (tertiary/aromatic N) is 2. The van der Waals surface area contributed by atoms with Gasteiger partial charge < -0.3 is 0 Å². The lowest BCUT2D eigenvalue weighted by atomic mass is 10.0. The number of rotatable bonds is 3. The largest absolute Gasteiger partial charge is 0.343 e. The van der Waals surface area contributed by atoms with Gasteiger partial charge in [0.05, 0.1) is 0 Å². The summed E-state index contributed by atoms with van der Waals surface area (Å²) in [5, 5.41) is 7.24. The normalized spacial score (nSPS) is 17.9. The summed E-state index contributed by atoms with van der Waals surface area (Å²) in [6.45, 7) is 0. The van der Waals surface area contributed by atoms with Crippen molar-refractivity contribution in [2.24, 2.45) is 7.05 Å². The molecule has 2 heterocycles. The molecule has 0 aliphatic carbocycles. The van der Waals surface area contributed by atoms with Crippen molar-refractivity contribution < 1.29 is 0 Å². The average Bonchev–Trinajstić information content (AvgIpc) is 2.94. The van der Waals surface area contributed by atoms with Gasteiger partial charge in [-0.15, -0.1) is 16.9 Å². The second-order valence-electron chi connectivity index (χ2n) is 4.23. The molecule has 1 aliphatic heterocycles. The molecule has 1 unspecified atom stereocenters. The molecule has 1 N–H and O–H groups in total. The molecule has 2 aromatic rings. The van der Waals surface area contributed by atoms with Crippen LogP contribution in [0.1, 0.15) is 11.5 Å². The summed E-state index contributed by atoms with van der Waals surface area (Å²) in [5.41, 5.74) is 1.27. The summed E-state index contributed by atoms with van der Waals surface area (Å²) in [6, 6.07) is 8.55. The molecule has 0 bridgehead atoms.